The Morgan fingerprint density at radius 1 is 0.253 bits per heavy atom. The molecule has 0 bridgehead atoms. The lowest BCUT2D eigenvalue weighted by Crippen LogP contribution is -2.30. The first-order chi connectivity index (χ1) is 41.0. The summed E-state index contributed by atoms with van der Waals surface area (Å²) in [6.07, 6.45) is 92.9. The van der Waals surface area contributed by atoms with Crippen LogP contribution in [0.2, 0.25) is 0 Å². The van der Waals surface area contributed by atoms with Gasteiger partial charge in [0.15, 0.2) is 6.10 Å². The zero-order chi connectivity index (χ0) is 59.9. The molecule has 0 saturated carbocycles. The van der Waals surface area contributed by atoms with Gasteiger partial charge < -0.3 is 14.2 Å². The van der Waals surface area contributed by atoms with E-state index in [0.29, 0.717) is 19.3 Å². The van der Waals surface area contributed by atoms with E-state index in [2.05, 4.69) is 81.5 Å². The third kappa shape index (κ3) is 69.8. The van der Waals surface area contributed by atoms with E-state index in [1.165, 1.54) is 263 Å². The van der Waals surface area contributed by atoms with Crippen molar-refractivity contribution in [1.29, 1.82) is 0 Å². The van der Waals surface area contributed by atoms with Crippen LogP contribution >= 0.6 is 0 Å². The fraction of sp³-hybridized carbons (Fsp3) is 0.831. The molecule has 0 aromatic rings. The van der Waals surface area contributed by atoms with Gasteiger partial charge >= 0.3 is 17.9 Å². The van der Waals surface area contributed by atoms with Crippen LogP contribution in [0.4, 0.5) is 0 Å². The molecule has 1 atom stereocenters. The summed E-state index contributed by atoms with van der Waals surface area (Å²) >= 11 is 0. The van der Waals surface area contributed by atoms with Crippen LogP contribution in [0.25, 0.3) is 0 Å². The summed E-state index contributed by atoms with van der Waals surface area (Å²) in [6, 6.07) is 0. The Labute approximate surface area is 517 Å². The molecule has 1 unspecified atom stereocenters. The highest BCUT2D eigenvalue weighted by molar-refractivity contribution is 5.71. The molecule has 0 saturated heterocycles. The Balaban J connectivity index is 4.05. The quantitative estimate of drug-likeness (QED) is 0.0261. The Hall–Kier alpha value is -2.89. The fourth-order valence-electron chi connectivity index (χ4n) is 11.1. The SMILES string of the molecule is CC/C=C\C/C=C\C/C=C\C/C=C\C/C=C\CCCCCCCCCCCCCCCC(=O)OCC(COC(=O)CCCCCCCCCC)OC(=O)CCCCCCCCCCCCCCCCCCCCCCCCCCCCCC. The van der Waals surface area contributed by atoms with Crippen molar-refractivity contribution in [3.05, 3.63) is 60.8 Å². The zero-order valence-electron chi connectivity index (χ0n) is 55.7. The molecule has 0 aliphatic heterocycles. The van der Waals surface area contributed by atoms with Crippen molar-refractivity contribution < 1.29 is 28.6 Å². The molecule has 6 heteroatoms. The second-order valence-corrected chi connectivity index (χ2v) is 24.8. The largest absolute Gasteiger partial charge is 0.462 e. The van der Waals surface area contributed by atoms with E-state index >= 15 is 0 Å². The average Bonchev–Trinajstić information content (AvgIpc) is 3.49. The number of esters is 3. The van der Waals surface area contributed by atoms with Gasteiger partial charge in [0.05, 0.1) is 0 Å². The molecule has 0 N–H and O–H groups in total. The third-order valence-electron chi connectivity index (χ3n) is 16.5. The molecule has 0 rings (SSSR count). The van der Waals surface area contributed by atoms with Gasteiger partial charge in [0.25, 0.3) is 0 Å². The maximum Gasteiger partial charge on any atom is 0.306 e. The molecular weight excluding hydrogens is 1020 g/mol. The number of hydrogen-bond acceptors (Lipinski definition) is 6. The molecule has 83 heavy (non-hydrogen) atoms. The summed E-state index contributed by atoms with van der Waals surface area (Å²) in [5.41, 5.74) is 0. The lowest BCUT2D eigenvalue weighted by molar-refractivity contribution is -0.167. The van der Waals surface area contributed by atoms with Gasteiger partial charge in [-0.15, -0.1) is 0 Å². The molecule has 0 amide bonds. The number of carbonyl (C=O) groups is 3. The van der Waals surface area contributed by atoms with Gasteiger partial charge in [0, 0.05) is 19.3 Å². The van der Waals surface area contributed by atoms with Crippen LogP contribution in [0, 0.1) is 0 Å². The smallest absolute Gasteiger partial charge is 0.306 e. The third-order valence-corrected chi connectivity index (χ3v) is 16.5. The fourth-order valence-corrected chi connectivity index (χ4v) is 11.1. The molecule has 6 nitrogen and oxygen atoms in total. The van der Waals surface area contributed by atoms with E-state index in [1.54, 1.807) is 0 Å². The first kappa shape index (κ1) is 80.1. The monoisotopic (exact) mass is 1160 g/mol. The summed E-state index contributed by atoms with van der Waals surface area (Å²) in [6.45, 7) is 6.56. The van der Waals surface area contributed by atoms with Crippen molar-refractivity contribution in [3.8, 4) is 0 Å². The number of unbranched alkanes of at least 4 members (excludes halogenated alkanes) is 47. The van der Waals surface area contributed by atoms with Gasteiger partial charge in [-0.05, 0) is 64.2 Å². The normalized spacial score (nSPS) is 12.4. The van der Waals surface area contributed by atoms with Crippen molar-refractivity contribution >= 4 is 17.9 Å². The highest BCUT2D eigenvalue weighted by Crippen LogP contribution is 2.19. The molecule has 0 spiro atoms. The highest BCUT2D eigenvalue weighted by atomic mass is 16.6. The topological polar surface area (TPSA) is 78.9 Å². The van der Waals surface area contributed by atoms with Crippen molar-refractivity contribution in [2.24, 2.45) is 0 Å². The molecule has 0 radical (unpaired) electrons. The van der Waals surface area contributed by atoms with Gasteiger partial charge in [-0.25, -0.2) is 0 Å². The molecule has 0 aliphatic rings. The van der Waals surface area contributed by atoms with Crippen LogP contribution < -0.4 is 0 Å². The zero-order valence-corrected chi connectivity index (χ0v) is 55.7. The molecule has 0 aliphatic carbocycles. The van der Waals surface area contributed by atoms with E-state index < -0.39 is 6.10 Å². The van der Waals surface area contributed by atoms with Crippen molar-refractivity contribution in [3.63, 3.8) is 0 Å². The molecule has 0 fully saturated rings. The second-order valence-electron chi connectivity index (χ2n) is 24.8. The van der Waals surface area contributed by atoms with Crippen LogP contribution in [-0.4, -0.2) is 37.2 Å². The van der Waals surface area contributed by atoms with Crippen LogP contribution in [-0.2, 0) is 28.6 Å². The van der Waals surface area contributed by atoms with E-state index in [4.69, 9.17) is 14.2 Å². The van der Waals surface area contributed by atoms with Crippen LogP contribution in [0.15, 0.2) is 60.8 Å². The first-order valence-electron chi connectivity index (χ1n) is 36.8. The Morgan fingerprint density at radius 2 is 0.470 bits per heavy atom. The first-order valence-corrected chi connectivity index (χ1v) is 36.8. The number of carbonyl (C=O) groups excluding carboxylic acids is 3. The Morgan fingerprint density at radius 3 is 0.735 bits per heavy atom. The molecular formula is C77H140O6. The standard InChI is InChI=1S/C77H140O6/c1-4-7-10-13-16-19-21-23-25-27-29-31-33-35-37-39-41-42-44-46-48-50-52-54-56-58-61-64-67-70-76(79)82-73-74(72-81-75(78)69-66-63-60-18-15-12-9-6-3)83-77(80)71-68-65-62-59-57-55-53-51-49-47-45-43-40-38-36-34-32-30-28-26-24-22-20-17-14-11-8-5-2/h7,10,16,19,23,25,29,31,35,37,74H,4-6,8-9,11-15,17-18,20-22,24,26-28,30,32-34,36,38-73H2,1-3H3/b10-7-,19-16-,25-23-,31-29-,37-35-. The predicted octanol–water partition coefficient (Wildman–Crippen LogP) is 25.5. The van der Waals surface area contributed by atoms with Gasteiger partial charge in [-0.2, -0.15) is 0 Å². The van der Waals surface area contributed by atoms with E-state index in [1.807, 2.05) is 0 Å². The number of ether oxygens (including phenoxy) is 3. The van der Waals surface area contributed by atoms with E-state index in [9.17, 15) is 14.4 Å². The highest BCUT2D eigenvalue weighted by Gasteiger charge is 2.19. The van der Waals surface area contributed by atoms with Crippen LogP contribution in [0.1, 0.15) is 393 Å². The average molecular weight is 1160 g/mol. The summed E-state index contributed by atoms with van der Waals surface area (Å²) in [7, 11) is 0. The minimum Gasteiger partial charge on any atom is -0.462 e. The number of rotatable bonds is 68. The van der Waals surface area contributed by atoms with E-state index in [0.717, 1.165) is 89.9 Å². The van der Waals surface area contributed by atoms with Crippen molar-refractivity contribution in [2.75, 3.05) is 13.2 Å². The molecule has 0 heterocycles. The summed E-state index contributed by atoms with van der Waals surface area (Å²) < 4.78 is 16.9. The van der Waals surface area contributed by atoms with Gasteiger partial charge in [0.2, 0.25) is 0 Å². The molecule has 0 aromatic heterocycles. The van der Waals surface area contributed by atoms with Crippen LogP contribution in [0.3, 0.4) is 0 Å². The summed E-state index contributed by atoms with van der Waals surface area (Å²) in [5, 5.41) is 0. The van der Waals surface area contributed by atoms with Crippen LogP contribution in [0.5, 0.6) is 0 Å². The lowest BCUT2D eigenvalue weighted by atomic mass is 10.0. The second kappa shape index (κ2) is 71.6. The minimum absolute atomic E-state index is 0.0686. The summed E-state index contributed by atoms with van der Waals surface area (Å²) in [5.74, 6) is -0.849. The molecule has 0 aromatic carbocycles. The lowest BCUT2D eigenvalue weighted by Gasteiger charge is -2.18. The molecule has 484 valence electrons. The maximum absolute atomic E-state index is 12.9. The maximum atomic E-state index is 12.9. The van der Waals surface area contributed by atoms with Crippen molar-refractivity contribution in [2.45, 2.75) is 399 Å². The number of allylic oxidation sites excluding steroid dienone is 10. The Kier molecular flexibility index (Phi) is 69.1. The minimum atomic E-state index is -0.770. The summed E-state index contributed by atoms with van der Waals surface area (Å²) in [4.78, 5) is 38.3. The van der Waals surface area contributed by atoms with Gasteiger partial charge in [0.1, 0.15) is 13.2 Å². The number of hydrogen-bond donors (Lipinski definition) is 0. The van der Waals surface area contributed by atoms with Crippen molar-refractivity contribution in [1.82, 2.24) is 0 Å². The van der Waals surface area contributed by atoms with E-state index in [-0.39, 0.29) is 31.1 Å². The Bertz CT molecular complexity index is 1470. The van der Waals surface area contributed by atoms with Gasteiger partial charge in [-0.3, -0.25) is 14.4 Å². The van der Waals surface area contributed by atoms with Gasteiger partial charge in [-0.1, -0.05) is 370 Å². The predicted molar refractivity (Wildman–Crippen MR) is 362 cm³/mol.